The lowest BCUT2D eigenvalue weighted by molar-refractivity contribution is 0.251. The van der Waals surface area contributed by atoms with Crippen LogP contribution in [0.1, 0.15) is 24.0 Å². The molecule has 0 bridgehead atoms. The Morgan fingerprint density at radius 3 is 2.61 bits per heavy atom. The predicted octanol–water partition coefficient (Wildman–Crippen LogP) is 6.34. The van der Waals surface area contributed by atoms with Crippen LogP contribution < -0.4 is 20.7 Å². The van der Waals surface area contributed by atoms with Crippen molar-refractivity contribution in [1.29, 1.82) is 0 Å². The van der Waals surface area contributed by atoms with E-state index in [9.17, 15) is 9.18 Å². The number of urea groups is 1. The fourth-order valence-corrected chi connectivity index (χ4v) is 4.97. The Labute approximate surface area is 240 Å². The molecule has 0 saturated carbocycles. The summed E-state index contributed by atoms with van der Waals surface area (Å²) in [4.78, 5) is 18.6. The van der Waals surface area contributed by atoms with Crippen LogP contribution in [0.15, 0.2) is 91.3 Å². The zero-order chi connectivity index (χ0) is 28.4. The second kappa shape index (κ2) is 13.8. The van der Waals surface area contributed by atoms with Gasteiger partial charge in [0.2, 0.25) is 0 Å². The van der Waals surface area contributed by atoms with Crippen molar-refractivity contribution in [1.82, 2.24) is 15.2 Å². The lowest BCUT2D eigenvalue weighted by atomic mass is 9.97. The average molecular weight is 554 g/mol. The maximum atomic E-state index is 14.3. The molecule has 0 aliphatic carbocycles. The van der Waals surface area contributed by atoms with Gasteiger partial charge in [-0.05, 0) is 110 Å². The monoisotopic (exact) mass is 553 g/mol. The number of hydrogen-bond acceptors (Lipinski definition) is 5. The molecule has 0 unspecified atom stereocenters. The molecule has 212 valence electrons. The zero-order valence-electron chi connectivity index (χ0n) is 23.3. The number of piperidine rings is 1. The number of likely N-dealkylation sites (tertiary alicyclic amines) is 1. The summed E-state index contributed by atoms with van der Waals surface area (Å²) in [5, 5.41) is 9.29. The van der Waals surface area contributed by atoms with Crippen LogP contribution in [0.2, 0.25) is 0 Å². The first-order valence-corrected chi connectivity index (χ1v) is 14.0. The first-order valence-electron chi connectivity index (χ1n) is 14.0. The molecule has 8 heteroatoms. The molecular formula is C33H36FN5O2. The van der Waals surface area contributed by atoms with Gasteiger partial charge in [-0.1, -0.05) is 24.3 Å². The molecule has 0 radical (unpaired) electrons. The Morgan fingerprint density at radius 1 is 1.00 bits per heavy atom. The number of amides is 2. The summed E-state index contributed by atoms with van der Waals surface area (Å²) < 4.78 is 20.3. The number of pyridine rings is 1. The summed E-state index contributed by atoms with van der Waals surface area (Å²) in [5.41, 5.74) is 5.52. The van der Waals surface area contributed by atoms with Crippen LogP contribution in [0.25, 0.3) is 11.1 Å². The number of halogens is 1. The van der Waals surface area contributed by atoms with Crippen LogP contribution in [0, 0.1) is 5.82 Å². The number of aromatic nitrogens is 1. The van der Waals surface area contributed by atoms with Crippen molar-refractivity contribution in [3.63, 3.8) is 0 Å². The highest BCUT2D eigenvalue weighted by molar-refractivity contribution is 5.89. The van der Waals surface area contributed by atoms with E-state index in [-0.39, 0.29) is 11.8 Å². The molecular weight excluding hydrogens is 517 g/mol. The first-order chi connectivity index (χ1) is 20.0. The van der Waals surface area contributed by atoms with Crippen LogP contribution in [0.5, 0.6) is 5.75 Å². The lowest BCUT2D eigenvalue weighted by Crippen LogP contribution is -2.36. The summed E-state index contributed by atoms with van der Waals surface area (Å²) in [6.07, 6.45) is 6.25. The normalized spacial score (nSPS) is 13.9. The Balaban J connectivity index is 1.15. The molecule has 41 heavy (non-hydrogen) atoms. The van der Waals surface area contributed by atoms with E-state index in [2.05, 4.69) is 45.0 Å². The molecule has 0 spiro atoms. The van der Waals surface area contributed by atoms with Crippen molar-refractivity contribution in [3.8, 4) is 16.9 Å². The van der Waals surface area contributed by atoms with Crippen molar-refractivity contribution < 1.29 is 13.9 Å². The van der Waals surface area contributed by atoms with Gasteiger partial charge >= 0.3 is 6.03 Å². The predicted molar refractivity (Wildman–Crippen MR) is 162 cm³/mol. The average Bonchev–Trinajstić information content (AvgIpc) is 2.99. The molecule has 0 atom stereocenters. The molecule has 3 N–H and O–H groups in total. The molecule has 5 rings (SSSR count). The standard InChI is InChI=1S/C33H36FN5O2/c1-39-17-13-29(14-18-39)37-30-6-2-5-26(20-30)32-21-27(34)8-7-25(32)15-19-41-31-11-9-28(10-12-31)38-33(40)36-23-24-4-3-16-35-22-24/h2-12,16,20-22,29,37H,13-15,17-19,23H2,1H3,(H2,36,38,40). The quantitative estimate of drug-likeness (QED) is 0.214. The second-order valence-electron chi connectivity index (χ2n) is 10.4. The number of anilines is 2. The molecule has 3 aromatic carbocycles. The minimum atomic E-state index is -0.294. The van der Waals surface area contributed by atoms with E-state index >= 15 is 0 Å². The van der Waals surface area contributed by atoms with E-state index in [1.165, 1.54) is 6.07 Å². The van der Waals surface area contributed by atoms with Gasteiger partial charge < -0.3 is 25.6 Å². The fourth-order valence-electron chi connectivity index (χ4n) is 4.97. The van der Waals surface area contributed by atoms with Crippen molar-refractivity contribution in [2.45, 2.75) is 31.8 Å². The van der Waals surface area contributed by atoms with Crippen molar-refractivity contribution in [2.24, 2.45) is 0 Å². The highest BCUT2D eigenvalue weighted by Crippen LogP contribution is 2.29. The van der Waals surface area contributed by atoms with Crippen molar-refractivity contribution in [2.75, 3.05) is 37.4 Å². The number of hydrogen-bond donors (Lipinski definition) is 3. The van der Waals surface area contributed by atoms with Gasteiger partial charge in [-0.25, -0.2) is 9.18 Å². The Bertz CT molecular complexity index is 1420. The maximum Gasteiger partial charge on any atom is 0.319 e. The minimum Gasteiger partial charge on any atom is -0.493 e. The lowest BCUT2D eigenvalue weighted by Gasteiger charge is -2.30. The summed E-state index contributed by atoms with van der Waals surface area (Å²) in [6.45, 7) is 3.01. The van der Waals surface area contributed by atoms with E-state index < -0.39 is 0 Å². The van der Waals surface area contributed by atoms with E-state index in [4.69, 9.17) is 4.74 Å². The van der Waals surface area contributed by atoms with Gasteiger partial charge in [0, 0.05) is 42.8 Å². The summed E-state index contributed by atoms with van der Waals surface area (Å²) in [5.74, 6) is 0.435. The summed E-state index contributed by atoms with van der Waals surface area (Å²) in [7, 11) is 2.16. The number of nitrogens with zero attached hydrogens (tertiary/aromatic N) is 2. The van der Waals surface area contributed by atoms with Crippen LogP contribution in [0.4, 0.5) is 20.6 Å². The number of benzene rings is 3. The zero-order valence-corrected chi connectivity index (χ0v) is 23.3. The van der Waals surface area contributed by atoms with Crippen LogP contribution in [-0.4, -0.2) is 48.7 Å². The van der Waals surface area contributed by atoms with Gasteiger partial charge in [0.05, 0.1) is 6.61 Å². The van der Waals surface area contributed by atoms with Crippen molar-refractivity contribution in [3.05, 3.63) is 108 Å². The highest BCUT2D eigenvalue weighted by atomic mass is 19.1. The third-order valence-electron chi connectivity index (χ3n) is 7.26. The molecule has 1 fully saturated rings. The summed E-state index contributed by atoms with van der Waals surface area (Å²) >= 11 is 0. The van der Waals surface area contributed by atoms with Gasteiger partial charge in [0.25, 0.3) is 0 Å². The Hall–Kier alpha value is -4.43. The number of carbonyl (C=O) groups is 1. The maximum absolute atomic E-state index is 14.3. The molecule has 1 aromatic heterocycles. The van der Waals surface area contributed by atoms with Gasteiger partial charge in [-0.3, -0.25) is 4.98 Å². The molecule has 7 nitrogen and oxygen atoms in total. The van der Waals surface area contributed by atoms with Crippen molar-refractivity contribution >= 4 is 17.4 Å². The minimum absolute atomic E-state index is 0.258. The molecule has 2 heterocycles. The van der Waals surface area contributed by atoms with Gasteiger partial charge in [0.15, 0.2) is 0 Å². The fraction of sp³-hybridized carbons (Fsp3) is 0.273. The number of rotatable bonds is 10. The topological polar surface area (TPSA) is 78.5 Å². The molecule has 1 aliphatic heterocycles. The van der Waals surface area contributed by atoms with Gasteiger partial charge in [-0.15, -0.1) is 0 Å². The van der Waals surface area contributed by atoms with E-state index in [0.29, 0.717) is 37.1 Å². The Kier molecular flexibility index (Phi) is 9.44. The number of ether oxygens (including phenoxy) is 1. The number of nitrogens with one attached hydrogen (secondary N) is 3. The van der Waals surface area contributed by atoms with E-state index in [1.54, 1.807) is 30.6 Å². The third kappa shape index (κ3) is 8.28. The molecule has 2 amide bonds. The van der Waals surface area contributed by atoms with Crippen LogP contribution in [-0.2, 0) is 13.0 Å². The van der Waals surface area contributed by atoms with Gasteiger partial charge in [-0.2, -0.15) is 0 Å². The Morgan fingerprint density at radius 2 is 1.83 bits per heavy atom. The molecule has 4 aromatic rings. The molecule has 1 saturated heterocycles. The first kappa shape index (κ1) is 28.1. The smallest absolute Gasteiger partial charge is 0.319 e. The SMILES string of the molecule is CN1CCC(Nc2cccc(-c3cc(F)ccc3CCOc3ccc(NC(=O)NCc4cccnc4)cc3)c2)CC1. The van der Waals surface area contributed by atoms with E-state index in [1.807, 2.05) is 42.5 Å². The third-order valence-corrected chi connectivity index (χ3v) is 7.26. The van der Waals surface area contributed by atoms with Gasteiger partial charge in [0.1, 0.15) is 11.6 Å². The van der Waals surface area contributed by atoms with Crippen LogP contribution >= 0.6 is 0 Å². The number of carbonyl (C=O) groups excluding carboxylic acids is 1. The highest BCUT2D eigenvalue weighted by Gasteiger charge is 2.17. The van der Waals surface area contributed by atoms with Crippen LogP contribution in [0.3, 0.4) is 0 Å². The largest absolute Gasteiger partial charge is 0.493 e. The molecule has 1 aliphatic rings. The van der Waals surface area contributed by atoms with E-state index in [0.717, 1.165) is 53.9 Å². The summed E-state index contributed by atoms with van der Waals surface area (Å²) in [6, 6.07) is 24.3. The second-order valence-corrected chi connectivity index (χ2v) is 10.4.